The van der Waals surface area contributed by atoms with Gasteiger partial charge in [-0.3, -0.25) is 0 Å². The van der Waals surface area contributed by atoms with E-state index in [-0.39, 0.29) is 17.1 Å². The van der Waals surface area contributed by atoms with Crippen LogP contribution >= 0.6 is 0 Å². The second-order valence-electron chi connectivity index (χ2n) is 3.64. The summed E-state index contributed by atoms with van der Waals surface area (Å²) in [6.45, 7) is 7.25. The van der Waals surface area contributed by atoms with E-state index in [1.807, 2.05) is 42.5 Å². The number of rotatable bonds is 2. The van der Waals surface area contributed by atoms with Gasteiger partial charge in [0.05, 0.1) is 5.76 Å². The van der Waals surface area contributed by atoms with Crippen molar-refractivity contribution in [3.05, 3.63) is 78.6 Å². The van der Waals surface area contributed by atoms with Crippen LogP contribution in [0.1, 0.15) is 18.4 Å². The number of aliphatic hydroxyl groups is 1. The van der Waals surface area contributed by atoms with Crippen LogP contribution in [0.3, 0.4) is 0 Å². The molecule has 95 valence electrons. The minimum absolute atomic E-state index is 0. The molecule has 0 aromatic heterocycles. The van der Waals surface area contributed by atoms with Crippen LogP contribution in [0.15, 0.2) is 67.0 Å². The van der Waals surface area contributed by atoms with Gasteiger partial charge in [0, 0.05) is 23.5 Å². The van der Waals surface area contributed by atoms with E-state index in [0.29, 0.717) is 5.76 Å². The Kier molecular flexibility index (Phi) is 8.73. The second-order valence-corrected chi connectivity index (χ2v) is 3.64. The molecule has 0 aliphatic heterocycles. The van der Waals surface area contributed by atoms with Gasteiger partial charge in [0.15, 0.2) is 0 Å². The molecule has 1 aromatic rings. The Morgan fingerprint density at radius 2 is 1.72 bits per heavy atom. The van der Waals surface area contributed by atoms with Crippen molar-refractivity contribution in [1.82, 2.24) is 0 Å². The van der Waals surface area contributed by atoms with E-state index >= 15 is 0 Å². The number of aliphatic hydroxyl groups excluding tert-OH is 1. The molecule has 0 bridgehead atoms. The van der Waals surface area contributed by atoms with Crippen molar-refractivity contribution in [3.63, 3.8) is 0 Å². The van der Waals surface area contributed by atoms with Crippen molar-refractivity contribution in [2.24, 2.45) is 0 Å². The van der Waals surface area contributed by atoms with Gasteiger partial charge < -0.3 is 5.11 Å². The second kappa shape index (κ2) is 9.52. The maximum atomic E-state index is 8.90. The summed E-state index contributed by atoms with van der Waals surface area (Å²) in [5, 5.41) is 8.90. The molecule has 0 fully saturated rings. The van der Waals surface area contributed by atoms with Crippen LogP contribution < -0.4 is 0 Å². The molecule has 1 aromatic carbocycles. The van der Waals surface area contributed by atoms with Crippen LogP contribution in [0.4, 0.5) is 0 Å². The minimum atomic E-state index is 0. The van der Waals surface area contributed by atoms with E-state index in [4.69, 9.17) is 5.11 Å². The van der Waals surface area contributed by atoms with Gasteiger partial charge in [-0.1, -0.05) is 24.8 Å². The van der Waals surface area contributed by atoms with Crippen molar-refractivity contribution < 1.29 is 22.2 Å². The van der Waals surface area contributed by atoms with Crippen molar-refractivity contribution in [3.8, 4) is 0 Å². The molecule has 2 heteroatoms. The summed E-state index contributed by atoms with van der Waals surface area (Å²) in [5.74, 6) is 0.473. The van der Waals surface area contributed by atoms with Crippen LogP contribution in [0.5, 0.6) is 0 Å². The Bertz CT molecular complexity index is 430. The van der Waals surface area contributed by atoms with Crippen LogP contribution in [0.25, 0.3) is 6.08 Å². The Morgan fingerprint density at radius 1 is 1.06 bits per heavy atom. The van der Waals surface area contributed by atoms with Gasteiger partial charge in [0.2, 0.25) is 0 Å². The standard InChI is InChI=1S/C8H10O.C8H7.Mn/c1-2-7-3-5-8(9)6-4-7;1-2-8-6-4-3-5-7-8;/h2-3,5,9H,1,4,6H2;2,4-7H,1H2;/q;-1;. The van der Waals surface area contributed by atoms with Crippen LogP contribution in [-0.4, -0.2) is 5.11 Å². The monoisotopic (exact) mass is 280 g/mol. The predicted octanol–water partition coefficient (Wildman–Crippen LogP) is 4.46. The zero-order valence-corrected chi connectivity index (χ0v) is 11.5. The van der Waals surface area contributed by atoms with E-state index in [9.17, 15) is 0 Å². The molecule has 0 saturated carbocycles. The quantitative estimate of drug-likeness (QED) is 0.626. The molecular formula is C16H17MnO-. The fourth-order valence-electron chi connectivity index (χ4n) is 1.35. The molecule has 2 rings (SSSR count). The zero-order valence-electron chi connectivity index (χ0n) is 10.3. The third-order valence-electron chi connectivity index (χ3n) is 2.40. The number of hydrogen-bond donors (Lipinski definition) is 1. The van der Waals surface area contributed by atoms with E-state index in [1.54, 1.807) is 6.08 Å². The first-order valence-electron chi connectivity index (χ1n) is 5.56. The van der Waals surface area contributed by atoms with Gasteiger partial charge in [0.1, 0.15) is 0 Å². The Balaban J connectivity index is 0.000000306. The van der Waals surface area contributed by atoms with Crippen molar-refractivity contribution in [2.45, 2.75) is 12.8 Å². The summed E-state index contributed by atoms with van der Waals surface area (Å²) >= 11 is 0. The molecule has 1 aliphatic carbocycles. The van der Waals surface area contributed by atoms with Gasteiger partial charge in [0.25, 0.3) is 0 Å². The molecular weight excluding hydrogens is 263 g/mol. The molecule has 18 heavy (non-hydrogen) atoms. The number of benzene rings is 1. The zero-order chi connectivity index (χ0) is 12.5. The first-order chi connectivity index (χ1) is 8.26. The SMILES string of the molecule is C=CC1=CC=C(O)CC1.C=Cc1cc[c-]cc1.[Mn]. The average Bonchev–Trinajstić information content (AvgIpc) is 2.41. The van der Waals surface area contributed by atoms with Crippen LogP contribution in [0.2, 0.25) is 0 Å². The third-order valence-corrected chi connectivity index (χ3v) is 2.40. The normalized spacial score (nSPS) is 12.9. The van der Waals surface area contributed by atoms with Gasteiger partial charge >= 0.3 is 0 Å². The summed E-state index contributed by atoms with van der Waals surface area (Å²) in [5.41, 5.74) is 2.34. The molecule has 0 amide bonds. The maximum Gasteiger partial charge on any atom is 0.0926 e. The molecule has 1 radical (unpaired) electrons. The molecule has 0 heterocycles. The maximum absolute atomic E-state index is 8.90. The Hall–Kier alpha value is -1.50. The van der Waals surface area contributed by atoms with Crippen molar-refractivity contribution in [2.75, 3.05) is 0 Å². The molecule has 0 saturated heterocycles. The summed E-state index contributed by atoms with van der Waals surface area (Å²) in [4.78, 5) is 0. The minimum Gasteiger partial charge on any atom is -0.512 e. The predicted molar refractivity (Wildman–Crippen MR) is 73.6 cm³/mol. The fourth-order valence-corrected chi connectivity index (χ4v) is 1.35. The molecule has 1 nitrogen and oxygen atoms in total. The molecule has 1 N–H and O–H groups in total. The summed E-state index contributed by atoms with van der Waals surface area (Å²) in [6, 6.07) is 10.6. The Morgan fingerprint density at radius 3 is 2.11 bits per heavy atom. The fraction of sp³-hybridized carbons (Fsp3) is 0.125. The number of hydrogen-bond acceptors (Lipinski definition) is 1. The topological polar surface area (TPSA) is 20.2 Å². The van der Waals surface area contributed by atoms with E-state index < -0.39 is 0 Å². The molecule has 0 spiro atoms. The van der Waals surface area contributed by atoms with Crippen LogP contribution in [0, 0.1) is 6.07 Å². The van der Waals surface area contributed by atoms with E-state index in [1.165, 1.54) is 5.57 Å². The summed E-state index contributed by atoms with van der Waals surface area (Å²) in [6.07, 6.45) is 8.94. The third kappa shape index (κ3) is 6.29. The number of allylic oxidation sites excluding steroid dienone is 5. The first-order valence-corrected chi connectivity index (χ1v) is 5.56. The van der Waals surface area contributed by atoms with E-state index in [0.717, 1.165) is 18.4 Å². The smallest absolute Gasteiger partial charge is 0.0926 e. The van der Waals surface area contributed by atoms with Gasteiger partial charge in [-0.25, -0.2) is 0 Å². The summed E-state index contributed by atoms with van der Waals surface area (Å²) in [7, 11) is 0. The molecule has 1 aliphatic rings. The van der Waals surface area contributed by atoms with Gasteiger partial charge in [-0.15, -0.1) is 12.1 Å². The molecule has 0 unspecified atom stereocenters. The average molecular weight is 280 g/mol. The van der Waals surface area contributed by atoms with Gasteiger partial charge in [-0.2, -0.15) is 30.3 Å². The van der Waals surface area contributed by atoms with Gasteiger partial charge in [-0.05, 0) is 18.1 Å². The largest absolute Gasteiger partial charge is 0.512 e. The van der Waals surface area contributed by atoms with E-state index in [2.05, 4.69) is 19.2 Å². The first kappa shape index (κ1) is 16.5. The Labute approximate surface area is 120 Å². The van der Waals surface area contributed by atoms with Crippen molar-refractivity contribution in [1.29, 1.82) is 0 Å². The summed E-state index contributed by atoms with van der Waals surface area (Å²) < 4.78 is 0. The molecule has 0 atom stereocenters. The van der Waals surface area contributed by atoms with Crippen LogP contribution in [-0.2, 0) is 17.1 Å². The van der Waals surface area contributed by atoms with Crippen molar-refractivity contribution >= 4 is 6.08 Å².